The molecule has 0 aromatic heterocycles. The first-order chi connectivity index (χ1) is 13.7. The quantitative estimate of drug-likeness (QED) is 0.731. The van der Waals surface area contributed by atoms with E-state index in [0.717, 1.165) is 32.8 Å². The van der Waals surface area contributed by atoms with Crippen LogP contribution in [-0.2, 0) is 20.2 Å². The van der Waals surface area contributed by atoms with E-state index < -0.39 is 10.0 Å². The van der Waals surface area contributed by atoms with Gasteiger partial charge in [0.05, 0.1) is 18.0 Å². The Hall–Kier alpha value is -2.34. The number of hydrogen-bond acceptors (Lipinski definition) is 3. The molecule has 0 spiro atoms. The van der Waals surface area contributed by atoms with Gasteiger partial charge in [-0.05, 0) is 73.1 Å². The van der Waals surface area contributed by atoms with Crippen LogP contribution in [0.2, 0.25) is 0 Å². The molecule has 0 radical (unpaired) electrons. The van der Waals surface area contributed by atoms with Gasteiger partial charge in [-0.25, -0.2) is 8.42 Å². The molecule has 0 unspecified atom stereocenters. The fraction of sp³-hybridized carbons (Fsp3) is 0.458. The summed E-state index contributed by atoms with van der Waals surface area (Å²) in [6.07, 6.45) is 1.12. The van der Waals surface area contributed by atoms with Crippen molar-refractivity contribution in [3.05, 3.63) is 64.2 Å². The topological polar surface area (TPSA) is 66.5 Å². The fourth-order valence-corrected chi connectivity index (χ4v) is 4.33. The van der Waals surface area contributed by atoms with Crippen LogP contribution in [0.3, 0.4) is 0 Å². The van der Waals surface area contributed by atoms with Gasteiger partial charge in [-0.1, -0.05) is 45.0 Å². The third-order valence-corrected chi connectivity index (χ3v) is 6.58. The predicted molar refractivity (Wildman–Crippen MR) is 125 cm³/mol. The van der Waals surface area contributed by atoms with Crippen molar-refractivity contribution in [2.45, 2.75) is 59.9 Å². The summed E-state index contributed by atoms with van der Waals surface area (Å²) in [5.41, 5.74) is 6.05. The van der Waals surface area contributed by atoms with E-state index in [0.29, 0.717) is 5.69 Å². The summed E-state index contributed by atoms with van der Waals surface area (Å²) in [4.78, 5) is 12.7. The van der Waals surface area contributed by atoms with E-state index in [4.69, 9.17) is 0 Å². The van der Waals surface area contributed by atoms with Crippen molar-refractivity contribution < 1.29 is 13.2 Å². The minimum absolute atomic E-state index is 0.0364. The molecular formula is C24H34N2O3S. The van der Waals surface area contributed by atoms with Gasteiger partial charge in [0.1, 0.15) is 6.54 Å². The summed E-state index contributed by atoms with van der Waals surface area (Å²) in [6, 6.07) is 11.3. The molecule has 0 saturated heterocycles. The molecule has 2 rings (SSSR count). The number of amides is 1. The molecular weight excluding hydrogens is 396 g/mol. The van der Waals surface area contributed by atoms with Gasteiger partial charge in [-0.3, -0.25) is 9.10 Å². The van der Waals surface area contributed by atoms with Gasteiger partial charge in [-0.15, -0.1) is 0 Å². The summed E-state index contributed by atoms with van der Waals surface area (Å²) in [6.45, 7) is 14.1. The van der Waals surface area contributed by atoms with Gasteiger partial charge >= 0.3 is 0 Å². The first-order valence-corrected chi connectivity index (χ1v) is 12.0. The Balaban J connectivity index is 2.21. The smallest absolute Gasteiger partial charge is 0.241 e. The van der Waals surface area contributed by atoms with Gasteiger partial charge in [0.15, 0.2) is 0 Å². The van der Waals surface area contributed by atoms with Crippen LogP contribution in [0.4, 0.5) is 5.69 Å². The highest BCUT2D eigenvalue weighted by molar-refractivity contribution is 7.92. The van der Waals surface area contributed by atoms with Crippen molar-refractivity contribution in [1.29, 1.82) is 0 Å². The SMILES string of the molecule is Cc1cc(C)c([C@H](C)NC(=O)CN(c2ccc(C(C)(C)C)cc2)S(C)(=O)=O)cc1C. The van der Waals surface area contributed by atoms with Gasteiger partial charge in [-0.2, -0.15) is 0 Å². The number of benzene rings is 2. The van der Waals surface area contributed by atoms with Gasteiger partial charge in [0.25, 0.3) is 0 Å². The highest BCUT2D eigenvalue weighted by Gasteiger charge is 2.23. The van der Waals surface area contributed by atoms with Crippen LogP contribution >= 0.6 is 0 Å². The molecule has 2 aromatic carbocycles. The average molecular weight is 431 g/mol. The Morgan fingerprint density at radius 1 is 1.00 bits per heavy atom. The molecule has 30 heavy (non-hydrogen) atoms. The summed E-state index contributed by atoms with van der Waals surface area (Å²) in [5, 5.41) is 2.95. The summed E-state index contributed by atoms with van der Waals surface area (Å²) in [5.74, 6) is -0.342. The summed E-state index contributed by atoms with van der Waals surface area (Å²) >= 11 is 0. The van der Waals surface area contributed by atoms with E-state index in [2.05, 4.69) is 45.1 Å². The van der Waals surface area contributed by atoms with E-state index in [1.807, 2.05) is 32.9 Å². The predicted octanol–water partition coefficient (Wildman–Crippen LogP) is 4.55. The van der Waals surface area contributed by atoms with Crippen LogP contribution in [0.25, 0.3) is 0 Å². The standard InChI is InChI=1S/C24H34N2O3S/c1-16-13-18(3)22(14-17(16)2)19(4)25-23(27)15-26(30(8,28)29)21-11-9-20(10-12-21)24(5,6)7/h9-14,19H,15H2,1-8H3,(H,25,27)/t19-/m0/s1. The van der Waals surface area contributed by atoms with Gasteiger partial charge in [0, 0.05) is 0 Å². The molecule has 0 aliphatic carbocycles. The average Bonchev–Trinajstić information content (AvgIpc) is 2.61. The van der Waals surface area contributed by atoms with Gasteiger partial charge in [0.2, 0.25) is 15.9 Å². The van der Waals surface area contributed by atoms with Gasteiger partial charge < -0.3 is 5.32 Å². The lowest BCUT2D eigenvalue weighted by molar-refractivity contribution is -0.120. The van der Waals surface area contributed by atoms with Crippen molar-refractivity contribution in [3.8, 4) is 0 Å². The van der Waals surface area contributed by atoms with E-state index in [1.165, 1.54) is 5.56 Å². The molecule has 0 bridgehead atoms. The van der Waals surface area contributed by atoms with Crippen LogP contribution in [0.15, 0.2) is 36.4 Å². The van der Waals surface area contributed by atoms with Crippen molar-refractivity contribution in [3.63, 3.8) is 0 Å². The number of nitrogens with zero attached hydrogens (tertiary/aromatic N) is 1. The molecule has 1 amide bonds. The zero-order valence-electron chi connectivity index (χ0n) is 19.3. The molecule has 1 atom stereocenters. The molecule has 0 aliphatic heterocycles. The van der Waals surface area contributed by atoms with Crippen molar-refractivity contribution in [1.82, 2.24) is 5.32 Å². The molecule has 2 aromatic rings. The molecule has 164 valence electrons. The van der Waals surface area contributed by atoms with E-state index in [-0.39, 0.29) is 23.9 Å². The molecule has 0 aliphatic rings. The van der Waals surface area contributed by atoms with Crippen molar-refractivity contribution in [2.75, 3.05) is 17.1 Å². The van der Waals surface area contributed by atoms with Crippen molar-refractivity contribution in [2.24, 2.45) is 0 Å². The maximum absolute atomic E-state index is 12.7. The highest BCUT2D eigenvalue weighted by atomic mass is 32.2. The monoisotopic (exact) mass is 430 g/mol. The normalized spacial score (nSPS) is 13.1. The molecule has 1 N–H and O–H groups in total. The van der Waals surface area contributed by atoms with Crippen LogP contribution in [0, 0.1) is 20.8 Å². The third kappa shape index (κ3) is 5.85. The fourth-order valence-electron chi connectivity index (χ4n) is 3.47. The lowest BCUT2D eigenvalue weighted by Crippen LogP contribution is -2.41. The minimum Gasteiger partial charge on any atom is -0.348 e. The molecule has 0 saturated carbocycles. The summed E-state index contributed by atoms with van der Waals surface area (Å²) in [7, 11) is -3.61. The van der Waals surface area contributed by atoms with Crippen molar-refractivity contribution >= 4 is 21.6 Å². The van der Waals surface area contributed by atoms with Crippen LogP contribution in [0.1, 0.15) is 61.6 Å². The van der Waals surface area contributed by atoms with E-state index in [9.17, 15) is 13.2 Å². The second kappa shape index (κ2) is 8.80. The number of rotatable bonds is 6. The van der Waals surface area contributed by atoms with E-state index in [1.54, 1.807) is 12.1 Å². The minimum atomic E-state index is -3.61. The van der Waals surface area contributed by atoms with Crippen LogP contribution in [-0.4, -0.2) is 27.1 Å². The lowest BCUT2D eigenvalue weighted by Gasteiger charge is -2.25. The summed E-state index contributed by atoms with van der Waals surface area (Å²) < 4.78 is 25.9. The highest BCUT2D eigenvalue weighted by Crippen LogP contribution is 2.26. The van der Waals surface area contributed by atoms with E-state index >= 15 is 0 Å². The maximum Gasteiger partial charge on any atom is 0.241 e. The number of sulfonamides is 1. The zero-order valence-corrected chi connectivity index (χ0v) is 20.1. The van der Waals surface area contributed by atoms with Crippen LogP contribution < -0.4 is 9.62 Å². The number of hydrogen-bond donors (Lipinski definition) is 1. The number of carbonyl (C=O) groups is 1. The second-order valence-corrected chi connectivity index (χ2v) is 11.1. The first-order valence-electron chi connectivity index (χ1n) is 10.2. The zero-order chi connectivity index (χ0) is 22.9. The number of carbonyl (C=O) groups excluding carboxylic acids is 1. The largest absolute Gasteiger partial charge is 0.348 e. The Labute approximate surface area is 181 Å². The second-order valence-electron chi connectivity index (χ2n) is 9.15. The Morgan fingerprint density at radius 2 is 1.53 bits per heavy atom. The number of nitrogens with one attached hydrogen (secondary N) is 1. The first kappa shape index (κ1) is 23.9. The Morgan fingerprint density at radius 3 is 2.03 bits per heavy atom. The molecule has 0 heterocycles. The molecule has 0 fully saturated rings. The lowest BCUT2D eigenvalue weighted by atomic mass is 9.87. The molecule has 6 heteroatoms. The maximum atomic E-state index is 12.7. The Kier molecular flexibility index (Phi) is 7.02. The number of aryl methyl sites for hydroxylation is 3. The number of anilines is 1. The Bertz CT molecular complexity index is 1020. The third-order valence-electron chi connectivity index (χ3n) is 5.44. The van der Waals surface area contributed by atoms with Crippen LogP contribution in [0.5, 0.6) is 0 Å². The molecule has 5 nitrogen and oxygen atoms in total.